The van der Waals surface area contributed by atoms with Crippen molar-refractivity contribution < 1.29 is 19.2 Å². The van der Waals surface area contributed by atoms with Crippen LogP contribution >= 0.6 is 0 Å². The van der Waals surface area contributed by atoms with Gasteiger partial charge in [0.2, 0.25) is 17.7 Å². The van der Waals surface area contributed by atoms with Gasteiger partial charge in [-0.15, -0.1) is 6.58 Å². The molecule has 2 heterocycles. The van der Waals surface area contributed by atoms with Crippen LogP contribution in [0.2, 0.25) is 0 Å². The molecule has 3 N–H and O–H groups in total. The largest absolute Gasteiger partial charge is 0.356 e. The molecule has 2 aliphatic rings. The van der Waals surface area contributed by atoms with Crippen LogP contribution in [0.1, 0.15) is 50.4 Å². The molecule has 2 saturated heterocycles. The highest BCUT2D eigenvalue weighted by molar-refractivity contribution is 5.99. The molecule has 2 fully saturated rings. The van der Waals surface area contributed by atoms with Gasteiger partial charge >= 0.3 is 0 Å². The third kappa shape index (κ3) is 6.11. The molecule has 9 heteroatoms. The molecule has 9 nitrogen and oxygen atoms in total. The minimum Gasteiger partial charge on any atom is -0.356 e. The van der Waals surface area contributed by atoms with E-state index in [1.807, 2.05) is 20.8 Å². The van der Waals surface area contributed by atoms with Crippen LogP contribution in [-0.4, -0.2) is 59.7 Å². The van der Waals surface area contributed by atoms with Crippen LogP contribution in [0.3, 0.4) is 0 Å². The number of nitrogens with one attached hydrogen (secondary N) is 3. The molecule has 0 unspecified atom stereocenters. The minimum atomic E-state index is -0.877. The van der Waals surface area contributed by atoms with Crippen molar-refractivity contribution in [3.8, 4) is 6.07 Å². The Morgan fingerprint density at radius 1 is 1.22 bits per heavy atom. The number of hydrogen-bond donors (Lipinski definition) is 3. The number of likely N-dealkylation sites (tertiary alicyclic amines) is 1. The highest BCUT2D eigenvalue weighted by Crippen LogP contribution is 2.30. The van der Waals surface area contributed by atoms with Crippen LogP contribution < -0.4 is 16.0 Å². The van der Waals surface area contributed by atoms with Crippen LogP contribution in [0.25, 0.3) is 0 Å². The predicted molar refractivity (Wildman–Crippen MR) is 134 cm³/mol. The summed E-state index contributed by atoms with van der Waals surface area (Å²) in [5, 5.41) is 18.0. The van der Waals surface area contributed by atoms with Crippen molar-refractivity contribution >= 4 is 23.6 Å². The van der Waals surface area contributed by atoms with Gasteiger partial charge in [-0.05, 0) is 36.8 Å². The number of carbonyl (C=O) groups excluding carboxylic acids is 4. The van der Waals surface area contributed by atoms with Gasteiger partial charge in [0.25, 0.3) is 5.91 Å². The molecule has 36 heavy (non-hydrogen) atoms. The number of hydrogen-bond acceptors (Lipinski definition) is 5. The van der Waals surface area contributed by atoms with Gasteiger partial charge in [-0.3, -0.25) is 19.2 Å². The van der Waals surface area contributed by atoms with E-state index in [1.165, 1.54) is 4.90 Å². The van der Waals surface area contributed by atoms with Gasteiger partial charge in [-0.1, -0.05) is 45.0 Å². The van der Waals surface area contributed by atoms with Gasteiger partial charge in [-0.25, -0.2) is 0 Å². The van der Waals surface area contributed by atoms with E-state index in [0.717, 1.165) is 0 Å². The Bertz CT molecular complexity index is 1040. The van der Waals surface area contributed by atoms with Gasteiger partial charge < -0.3 is 20.9 Å². The fourth-order valence-corrected chi connectivity index (χ4v) is 4.82. The maximum atomic E-state index is 13.8. The lowest BCUT2D eigenvalue weighted by Gasteiger charge is -2.36. The molecule has 0 aromatic heterocycles. The van der Waals surface area contributed by atoms with Crippen molar-refractivity contribution in [1.82, 2.24) is 20.9 Å². The lowest BCUT2D eigenvalue weighted by Crippen LogP contribution is -2.59. The zero-order valence-corrected chi connectivity index (χ0v) is 21.1. The monoisotopic (exact) mass is 493 g/mol. The maximum absolute atomic E-state index is 13.8. The summed E-state index contributed by atoms with van der Waals surface area (Å²) in [6, 6.07) is 8.13. The first kappa shape index (κ1) is 26.9. The summed E-state index contributed by atoms with van der Waals surface area (Å²) in [6.45, 7) is 10.3. The highest BCUT2D eigenvalue weighted by atomic mass is 16.2. The summed E-state index contributed by atoms with van der Waals surface area (Å²) in [5.74, 6) is -1.94. The maximum Gasteiger partial charge on any atom is 0.251 e. The number of rotatable bonds is 8. The van der Waals surface area contributed by atoms with Crippen molar-refractivity contribution in [3.63, 3.8) is 0 Å². The van der Waals surface area contributed by atoms with Crippen LogP contribution in [0, 0.1) is 28.6 Å². The standard InChI is InChI=1S/C27H35N5O4/c1-5-17-12-14-32(21(17)25(35)30-20(16-28)15-19-11-13-29-23(19)33)26(36)22(27(2,3)4)31-24(34)18-9-7-6-8-10-18/h5-10,17,19-22H,1,11-15H2,2-4H3,(H,29,33)(H,30,35)(H,31,34)/t17-,19-,20-,21-,22+/m0/s1. The summed E-state index contributed by atoms with van der Waals surface area (Å²) >= 11 is 0. The molecule has 0 saturated carbocycles. The summed E-state index contributed by atoms with van der Waals surface area (Å²) in [4.78, 5) is 53.5. The molecular formula is C27H35N5O4. The highest BCUT2D eigenvalue weighted by Gasteiger charge is 2.45. The molecule has 192 valence electrons. The second-order valence-corrected chi connectivity index (χ2v) is 10.5. The summed E-state index contributed by atoms with van der Waals surface area (Å²) < 4.78 is 0. The van der Waals surface area contributed by atoms with Crippen molar-refractivity contribution in [2.24, 2.45) is 17.3 Å². The molecule has 0 bridgehead atoms. The predicted octanol–water partition coefficient (Wildman–Crippen LogP) is 1.77. The van der Waals surface area contributed by atoms with Crippen molar-refractivity contribution in [1.29, 1.82) is 5.26 Å². The molecule has 1 aromatic rings. The smallest absolute Gasteiger partial charge is 0.251 e. The molecule has 0 spiro atoms. The molecule has 5 atom stereocenters. The van der Waals surface area contributed by atoms with E-state index in [1.54, 1.807) is 36.4 Å². The summed E-state index contributed by atoms with van der Waals surface area (Å²) in [5.41, 5.74) is -0.188. The Morgan fingerprint density at radius 3 is 2.47 bits per heavy atom. The first-order valence-corrected chi connectivity index (χ1v) is 12.3. The normalized spacial score (nSPS) is 23.2. The van der Waals surface area contributed by atoms with E-state index in [0.29, 0.717) is 31.5 Å². The Morgan fingerprint density at radius 2 is 1.92 bits per heavy atom. The first-order valence-electron chi connectivity index (χ1n) is 12.3. The van der Waals surface area contributed by atoms with E-state index in [4.69, 9.17) is 0 Å². The van der Waals surface area contributed by atoms with Crippen LogP contribution in [0.15, 0.2) is 43.0 Å². The number of carbonyl (C=O) groups is 4. The topological polar surface area (TPSA) is 131 Å². The third-order valence-electron chi connectivity index (χ3n) is 6.88. The average molecular weight is 494 g/mol. The molecule has 2 aliphatic heterocycles. The Hall–Kier alpha value is -3.67. The Kier molecular flexibility index (Phi) is 8.51. The number of nitrogens with zero attached hydrogens (tertiary/aromatic N) is 2. The second kappa shape index (κ2) is 11.4. The van der Waals surface area contributed by atoms with E-state index in [9.17, 15) is 24.4 Å². The van der Waals surface area contributed by atoms with E-state index in [2.05, 4.69) is 28.6 Å². The van der Waals surface area contributed by atoms with Crippen LogP contribution in [0.5, 0.6) is 0 Å². The molecule has 4 amide bonds. The molecular weight excluding hydrogens is 458 g/mol. The molecule has 3 rings (SSSR count). The number of amides is 4. The molecule has 0 aliphatic carbocycles. The Balaban J connectivity index is 1.78. The Labute approximate surface area is 212 Å². The first-order chi connectivity index (χ1) is 17.1. The van der Waals surface area contributed by atoms with E-state index < -0.39 is 29.4 Å². The van der Waals surface area contributed by atoms with Crippen molar-refractivity contribution in [2.45, 2.75) is 58.2 Å². The fourth-order valence-electron chi connectivity index (χ4n) is 4.82. The zero-order chi connectivity index (χ0) is 26.5. The van der Waals surface area contributed by atoms with Gasteiger partial charge in [0.15, 0.2) is 0 Å². The van der Waals surface area contributed by atoms with Crippen molar-refractivity contribution in [2.75, 3.05) is 13.1 Å². The van der Waals surface area contributed by atoms with Crippen LogP contribution in [-0.2, 0) is 14.4 Å². The minimum absolute atomic E-state index is 0.117. The number of benzene rings is 1. The fraction of sp³-hybridized carbons (Fsp3) is 0.519. The van der Waals surface area contributed by atoms with Gasteiger partial charge in [-0.2, -0.15) is 5.26 Å². The number of nitriles is 1. The molecule has 1 aromatic carbocycles. The van der Waals surface area contributed by atoms with E-state index in [-0.39, 0.29) is 36.0 Å². The SMILES string of the molecule is C=C[C@H]1CCN(C(=O)[C@@H](NC(=O)c2ccccc2)C(C)(C)C)[C@@H]1C(=O)N[C@H](C#N)C[C@@H]1CCNC1=O. The lowest BCUT2D eigenvalue weighted by atomic mass is 9.85. The zero-order valence-electron chi connectivity index (χ0n) is 21.1. The van der Waals surface area contributed by atoms with Gasteiger partial charge in [0, 0.05) is 30.5 Å². The lowest BCUT2D eigenvalue weighted by molar-refractivity contribution is -0.142. The van der Waals surface area contributed by atoms with E-state index >= 15 is 0 Å². The van der Waals surface area contributed by atoms with Gasteiger partial charge in [0.05, 0.1) is 6.07 Å². The average Bonchev–Trinajstić information content (AvgIpc) is 3.47. The quantitative estimate of drug-likeness (QED) is 0.475. The third-order valence-corrected chi connectivity index (χ3v) is 6.88. The second-order valence-electron chi connectivity index (χ2n) is 10.5. The molecule has 0 radical (unpaired) electrons. The summed E-state index contributed by atoms with van der Waals surface area (Å²) in [6.07, 6.45) is 3.02. The van der Waals surface area contributed by atoms with Crippen molar-refractivity contribution in [3.05, 3.63) is 48.6 Å². The summed E-state index contributed by atoms with van der Waals surface area (Å²) in [7, 11) is 0. The van der Waals surface area contributed by atoms with Crippen LogP contribution in [0.4, 0.5) is 0 Å². The van der Waals surface area contributed by atoms with Gasteiger partial charge in [0.1, 0.15) is 18.1 Å².